The fourth-order valence-corrected chi connectivity index (χ4v) is 0.732. The van der Waals surface area contributed by atoms with Crippen LogP contribution in [0.3, 0.4) is 0 Å². The van der Waals surface area contributed by atoms with E-state index in [1.54, 1.807) is 6.92 Å². The Hall–Kier alpha value is -0.750. The van der Waals surface area contributed by atoms with Crippen LogP contribution in [0.15, 0.2) is 4.52 Å². The molecule has 0 aliphatic rings. The van der Waals surface area contributed by atoms with Gasteiger partial charge in [0.25, 0.3) is 0 Å². The summed E-state index contributed by atoms with van der Waals surface area (Å²) in [6.07, 6.45) is 0. The van der Waals surface area contributed by atoms with Crippen LogP contribution >= 0.6 is 11.6 Å². The molecule has 0 aliphatic heterocycles. The van der Waals surface area contributed by atoms with Crippen molar-refractivity contribution >= 4 is 11.6 Å². The van der Waals surface area contributed by atoms with Gasteiger partial charge in [0, 0.05) is 12.5 Å². The lowest BCUT2D eigenvalue weighted by atomic mass is 10.2. The summed E-state index contributed by atoms with van der Waals surface area (Å²) >= 11 is 4.66. The van der Waals surface area contributed by atoms with E-state index in [2.05, 4.69) is 26.3 Å². The first kappa shape index (κ1) is 10.3. The van der Waals surface area contributed by atoms with Gasteiger partial charge in [0.05, 0.1) is 0 Å². The molecule has 0 fully saturated rings. The van der Waals surface area contributed by atoms with Gasteiger partial charge >= 0.3 is 11.3 Å². The summed E-state index contributed by atoms with van der Waals surface area (Å²) in [5, 5.41) is -0.289. The van der Waals surface area contributed by atoms with Gasteiger partial charge in [-0.1, -0.05) is 12.1 Å². The predicted octanol–water partition coefficient (Wildman–Crippen LogP) is 1.42. The minimum atomic E-state index is -3.61. The minimum Gasteiger partial charge on any atom is -0.331 e. The van der Waals surface area contributed by atoms with E-state index in [9.17, 15) is 8.78 Å². The predicted molar refractivity (Wildman–Crippen MR) is 41.5 cm³/mol. The lowest BCUT2D eigenvalue weighted by Gasteiger charge is -2.00. The SMILES string of the molecule is CC(CN)c1noc(C(F)(F)Cl)n1. The molecule has 1 heterocycles. The number of rotatable bonds is 3. The van der Waals surface area contributed by atoms with Crippen LogP contribution in [0, 0.1) is 0 Å². The van der Waals surface area contributed by atoms with Crippen molar-refractivity contribution in [3.05, 3.63) is 11.7 Å². The number of halogens is 3. The summed E-state index contributed by atoms with van der Waals surface area (Å²) in [6, 6.07) is 0. The molecule has 1 atom stereocenters. The first-order chi connectivity index (χ1) is 5.95. The molecule has 1 rings (SSSR count). The maximum atomic E-state index is 12.4. The van der Waals surface area contributed by atoms with E-state index in [0.29, 0.717) is 0 Å². The highest BCUT2D eigenvalue weighted by molar-refractivity contribution is 6.21. The highest BCUT2D eigenvalue weighted by Gasteiger charge is 2.35. The Morgan fingerprint density at radius 3 is 2.69 bits per heavy atom. The molecule has 7 heteroatoms. The van der Waals surface area contributed by atoms with Crippen LogP contribution < -0.4 is 5.73 Å². The fraction of sp³-hybridized carbons (Fsp3) is 0.667. The lowest BCUT2D eigenvalue weighted by molar-refractivity contribution is 0.0550. The van der Waals surface area contributed by atoms with Gasteiger partial charge in [-0.2, -0.15) is 13.8 Å². The van der Waals surface area contributed by atoms with Crippen LogP contribution in [-0.2, 0) is 5.38 Å². The monoisotopic (exact) mass is 211 g/mol. The van der Waals surface area contributed by atoms with Crippen molar-refractivity contribution in [1.82, 2.24) is 10.1 Å². The largest absolute Gasteiger partial charge is 0.400 e. The summed E-state index contributed by atoms with van der Waals surface area (Å²) in [7, 11) is 0. The van der Waals surface area contributed by atoms with E-state index < -0.39 is 11.3 Å². The van der Waals surface area contributed by atoms with E-state index in [4.69, 9.17) is 5.73 Å². The quantitative estimate of drug-likeness (QED) is 0.768. The number of aromatic nitrogens is 2. The third-order valence-corrected chi connectivity index (χ3v) is 1.64. The molecule has 1 aromatic rings. The summed E-state index contributed by atoms with van der Waals surface area (Å²) in [5.74, 6) is -0.987. The molecule has 4 nitrogen and oxygen atoms in total. The Labute approximate surface area is 78.1 Å². The maximum absolute atomic E-state index is 12.4. The number of nitrogens with two attached hydrogens (primary N) is 1. The molecule has 0 aliphatic carbocycles. The van der Waals surface area contributed by atoms with Crippen LogP contribution in [0.25, 0.3) is 0 Å². The zero-order chi connectivity index (χ0) is 10.1. The van der Waals surface area contributed by atoms with Gasteiger partial charge < -0.3 is 10.3 Å². The highest BCUT2D eigenvalue weighted by atomic mass is 35.5. The van der Waals surface area contributed by atoms with Gasteiger partial charge in [0.15, 0.2) is 5.82 Å². The number of nitrogens with zero attached hydrogens (tertiary/aromatic N) is 2. The summed E-state index contributed by atoms with van der Waals surface area (Å²) in [5.41, 5.74) is 5.28. The van der Waals surface area contributed by atoms with Crippen LogP contribution in [0.1, 0.15) is 24.6 Å². The third kappa shape index (κ3) is 2.35. The van der Waals surface area contributed by atoms with Crippen molar-refractivity contribution in [3.63, 3.8) is 0 Å². The van der Waals surface area contributed by atoms with Crippen LogP contribution in [0.2, 0.25) is 0 Å². The number of alkyl halides is 3. The van der Waals surface area contributed by atoms with Crippen molar-refractivity contribution < 1.29 is 13.3 Å². The molecule has 1 aromatic heterocycles. The normalized spacial score (nSPS) is 14.5. The fourth-order valence-electron chi connectivity index (χ4n) is 0.656. The van der Waals surface area contributed by atoms with Gasteiger partial charge in [0.2, 0.25) is 0 Å². The van der Waals surface area contributed by atoms with E-state index in [1.165, 1.54) is 0 Å². The summed E-state index contributed by atoms with van der Waals surface area (Å²) in [4.78, 5) is 3.41. The van der Waals surface area contributed by atoms with Crippen molar-refractivity contribution in [2.45, 2.75) is 18.2 Å². The van der Waals surface area contributed by atoms with Crippen LogP contribution in [0.5, 0.6) is 0 Å². The van der Waals surface area contributed by atoms with E-state index in [-0.39, 0.29) is 18.3 Å². The van der Waals surface area contributed by atoms with Crippen molar-refractivity contribution in [2.24, 2.45) is 5.73 Å². The van der Waals surface area contributed by atoms with Crippen molar-refractivity contribution in [3.8, 4) is 0 Å². The molecule has 0 saturated heterocycles. The zero-order valence-corrected chi connectivity index (χ0v) is 7.55. The molecule has 0 radical (unpaired) electrons. The molecular formula is C6H8ClF2N3O. The molecule has 0 spiro atoms. The van der Waals surface area contributed by atoms with Gasteiger partial charge in [-0.15, -0.1) is 0 Å². The van der Waals surface area contributed by atoms with Crippen LogP contribution in [0.4, 0.5) is 8.78 Å². The highest BCUT2D eigenvalue weighted by Crippen LogP contribution is 2.31. The minimum absolute atomic E-state index is 0.137. The second kappa shape index (κ2) is 3.55. The molecule has 13 heavy (non-hydrogen) atoms. The maximum Gasteiger partial charge on any atom is 0.400 e. The molecule has 1 unspecified atom stereocenters. The Kier molecular flexibility index (Phi) is 2.82. The van der Waals surface area contributed by atoms with E-state index in [0.717, 1.165) is 0 Å². The standard InChI is InChI=1S/C6H8ClF2N3O/c1-3(2-10)4-11-5(13-12-4)6(7,8)9/h3H,2,10H2,1H3. The average Bonchev–Trinajstić information content (AvgIpc) is 2.50. The average molecular weight is 212 g/mol. The molecule has 0 amide bonds. The molecular weight excluding hydrogens is 204 g/mol. The first-order valence-corrected chi connectivity index (χ1v) is 3.93. The first-order valence-electron chi connectivity index (χ1n) is 3.56. The van der Waals surface area contributed by atoms with Crippen molar-refractivity contribution in [1.29, 1.82) is 0 Å². The van der Waals surface area contributed by atoms with Gasteiger partial charge in [-0.05, 0) is 11.6 Å². The zero-order valence-electron chi connectivity index (χ0n) is 6.80. The Morgan fingerprint density at radius 2 is 2.31 bits per heavy atom. The van der Waals surface area contributed by atoms with E-state index >= 15 is 0 Å². The van der Waals surface area contributed by atoms with Crippen LogP contribution in [-0.4, -0.2) is 16.7 Å². The molecule has 2 N–H and O–H groups in total. The molecule has 0 aromatic carbocycles. The summed E-state index contributed by atoms with van der Waals surface area (Å²) in [6.45, 7) is 1.95. The van der Waals surface area contributed by atoms with Gasteiger partial charge in [-0.3, -0.25) is 0 Å². The molecule has 0 bridgehead atoms. The van der Waals surface area contributed by atoms with E-state index in [1.807, 2.05) is 0 Å². The second-order valence-electron chi connectivity index (χ2n) is 2.59. The topological polar surface area (TPSA) is 64.9 Å². The van der Waals surface area contributed by atoms with Gasteiger partial charge in [0.1, 0.15) is 0 Å². The Morgan fingerprint density at radius 1 is 1.69 bits per heavy atom. The Bertz CT molecular complexity index is 286. The van der Waals surface area contributed by atoms with Gasteiger partial charge in [-0.25, -0.2) is 0 Å². The molecule has 74 valence electrons. The third-order valence-electron chi connectivity index (χ3n) is 1.48. The Balaban J connectivity index is 2.87. The smallest absolute Gasteiger partial charge is 0.331 e. The number of hydrogen-bond donors (Lipinski definition) is 1. The molecule has 0 saturated carbocycles. The summed E-state index contributed by atoms with van der Waals surface area (Å²) < 4.78 is 29.0. The lowest BCUT2D eigenvalue weighted by Crippen LogP contribution is -2.11. The second-order valence-corrected chi connectivity index (χ2v) is 3.07. The van der Waals surface area contributed by atoms with Crippen molar-refractivity contribution in [2.75, 3.05) is 6.54 Å². The number of hydrogen-bond acceptors (Lipinski definition) is 4.